The summed E-state index contributed by atoms with van der Waals surface area (Å²) < 4.78 is 6.04. The highest BCUT2D eigenvalue weighted by Gasteiger charge is 2.34. The summed E-state index contributed by atoms with van der Waals surface area (Å²) >= 11 is 0. The SMILES string of the molecule is Cc1ccc2c(c1)CN(C(=O)C1CCCC1)C(CN(C)C)CO2. The average molecular weight is 316 g/mol. The molecule has 1 amide bonds. The van der Waals surface area contributed by atoms with Gasteiger partial charge in [0.15, 0.2) is 0 Å². The van der Waals surface area contributed by atoms with Crippen LogP contribution in [0.15, 0.2) is 18.2 Å². The second-order valence-corrected chi connectivity index (χ2v) is 7.29. The van der Waals surface area contributed by atoms with Gasteiger partial charge in [0.1, 0.15) is 12.4 Å². The standard InChI is InChI=1S/C19H28N2O2/c1-14-8-9-18-16(10-14)11-21(17(13-23-18)12-20(2)3)19(22)15-6-4-5-7-15/h8-10,15,17H,4-7,11-13H2,1-3H3. The molecular weight excluding hydrogens is 288 g/mol. The number of likely N-dealkylation sites (N-methyl/N-ethyl adjacent to an activating group) is 1. The third-order valence-electron chi connectivity index (χ3n) is 4.99. The lowest BCUT2D eigenvalue weighted by molar-refractivity contribution is -0.139. The fourth-order valence-electron chi connectivity index (χ4n) is 3.80. The van der Waals surface area contributed by atoms with Gasteiger partial charge in [0.2, 0.25) is 5.91 Å². The third kappa shape index (κ3) is 3.69. The molecule has 1 heterocycles. The number of nitrogens with zero attached hydrogens (tertiary/aromatic N) is 2. The van der Waals surface area contributed by atoms with Crippen LogP contribution < -0.4 is 4.74 Å². The molecule has 1 aromatic rings. The van der Waals surface area contributed by atoms with Crippen molar-refractivity contribution in [3.8, 4) is 5.75 Å². The number of carbonyl (C=O) groups is 1. The first-order chi connectivity index (χ1) is 11.0. The normalized spacial score (nSPS) is 21.9. The van der Waals surface area contributed by atoms with Gasteiger partial charge in [0, 0.05) is 24.6 Å². The Bertz CT molecular complexity index is 564. The van der Waals surface area contributed by atoms with E-state index in [1.54, 1.807) is 0 Å². The second-order valence-electron chi connectivity index (χ2n) is 7.29. The summed E-state index contributed by atoms with van der Waals surface area (Å²) in [6.07, 6.45) is 4.47. The van der Waals surface area contributed by atoms with Crippen molar-refractivity contribution in [3.63, 3.8) is 0 Å². The van der Waals surface area contributed by atoms with Crippen LogP contribution in [0.1, 0.15) is 36.8 Å². The van der Waals surface area contributed by atoms with Crippen LogP contribution in [-0.4, -0.2) is 49.0 Å². The second kappa shape index (κ2) is 6.91. The van der Waals surface area contributed by atoms with Gasteiger partial charge in [0.05, 0.1) is 6.04 Å². The molecule has 4 heteroatoms. The largest absolute Gasteiger partial charge is 0.491 e. The molecule has 0 bridgehead atoms. The van der Waals surface area contributed by atoms with Crippen molar-refractivity contribution in [3.05, 3.63) is 29.3 Å². The highest BCUT2D eigenvalue weighted by atomic mass is 16.5. The molecule has 23 heavy (non-hydrogen) atoms. The molecule has 0 radical (unpaired) electrons. The fourth-order valence-corrected chi connectivity index (χ4v) is 3.80. The molecule has 3 rings (SSSR count). The maximum atomic E-state index is 13.1. The van der Waals surface area contributed by atoms with Crippen LogP contribution in [0.5, 0.6) is 5.75 Å². The van der Waals surface area contributed by atoms with Gasteiger partial charge in [-0.1, -0.05) is 30.5 Å². The minimum absolute atomic E-state index is 0.116. The Kier molecular flexibility index (Phi) is 4.90. The molecule has 126 valence electrons. The lowest BCUT2D eigenvalue weighted by atomic mass is 10.0. The zero-order valence-corrected chi connectivity index (χ0v) is 14.5. The Labute approximate surface area is 139 Å². The minimum Gasteiger partial charge on any atom is -0.491 e. The molecule has 1 saturated carbocycles. The predicted octanol–water partition coefficient (Wildman–Crippen LogP) is 2.84. The van der Waals surface area contributed by atoms with E-state index in [0.717, 1.165) is 30.7 Å². The molecule has 1 aliphatic heterocycles. The van der Waals surface area contributed by atoms with E-state index in [4.69, 9.17) is 4.74 Å². The van der Waals surface area contributed by atoms with E-state index in [1.165, 1.54) is 18.4 Å². The quantitative estimate of drug-likeness (QED) is 0.859. The molecule has 0 aromatic heterocycles. The molecule has 0 N–H and O–H groups in total. The van der Waals surface area contributed by atoms with Gasteiger partial charge >= 0.3 is 0 Å². The zero-order chi connectivity index (χ0) is 16.4. The molecule has 1 aromatic carbocycles. The monoisotopic (exact) mass is 316 g/mol. The minimum atomic E-state index is 0.116. The molecular formula is C19H28N2O2. The molecule has 2 aliphatic rings. The van der Waals surface area contributed by atoms with E-state index >= 15 is 0 Å². The van der Waals surface area contributed by atoms with Gasteiger partial charge < -0.3 is 14.5 Å². The first-order valence-corrected chi connectivity index (χ1v) is 8.72. The van der Waals surface area contributed by atoms with Gasteiger partial charge in [-0.2, -0.15) is 0 Å². The van der Waals surface area contributed by atoms with Gasteiger partial charge in [-0.05, 0) is 39.9 Å². The number of benzene rings is 1. The number of fused-ring (bicyclic) bond motifs is 1. The van der Waals surface area contributed by atoms with Crippen LogP contribution in [0.25, 0.3) is 0 Å². The van der Waals surface area contributed by atoms with Crippen LogP contribution in [-0.2, 0) is 11.3 Å². The van der Waals surface area contributed by atoms with E-state index in [0.29, 0.717) is 19.1 Å². The number of amides is 1. The average Bonchev–Trinajstić information content (AvgIpc) is 2.98. The van der Waals surface area contributed by atoms with Gasteiger partial charge in [-0.15, -0.1) is 0 Å². The number of aryl methyl sites for hydroxylation is 1. The van der Waals surface area contributed by atoms with Crippen molar-refractivity contribution in [2.24, 2.45) is 5.92 Å². The van der Waals surface area contributed by atoms with E-state index in [9.17, 15) is 4.79 Å². The molecule has 1 atom stereocenters. The van der Waals surface area contributed by atoms with E-state index in [2.05, 4.69) is 43.0 Å². The van der Waals surface area contributed by atoms with E-state index in [-0.39, 0.29) is 12.0 Å². The summed E-state index contributed by atoms with van der Waals surface area (Å²) in [5.74, 6) is 1.47. The Hall–Kier alpha value is -1.55. The van der Waals surface area contributed by atoms with Crippen molar-refractivity contribution >= 4 is 5.91 Å². The van der Waals surface area contributed by atoms with Gasteiger partial charge in [-0.3, -0.25) is 4.79 Å². The molecule has 1 fully saturated rings. The highest BCUT2D eigenvalue weighted by Crippen LogP contribution is 2.31. The lowest BCUT2D eigenvalue weighted by Gasteiger charge is -2.33. The summed E-state index contributed by atoms with van der Waals surface area (Å²) in [6.45, 7) is 4.18. The summed E-state index contributed by atoms with van der Waals surface area (Å²) in [5.41, 5.74) is 2.35. The van der Waals surface area contributed by atoms with E-state index < -0.39 is 0 Å². The van der Waals surface area contributed by atoms with E-state index in [1.807, 2.05) is 6.07 Å². The maximum absolute atomic E-state index is 13.1. The van der Waals surface area contributed by atoms with Crippen molar-refractivity contribution in [1.29, 1.82) is 0 Å². The number of hydrogen-bond donors (Lipinski definition) is 0. The van der Waals surface area contributed by atoms with Gasteiger partial charge in [-0.25, -0.2) is 0 Å². The highest BCUT2D eigenvalue weighted by molar-refractivity contribution is 5.79. The van der Waals surface area contributed by atoms with Crippen molar-refractivity contribution < 1.29 is 9.53 Å². The van der Waals surface area contributed by atoms with Crippen molar-refractivity contribution in [2.45, 2.75) is 45.2 Å². The summed E-state index contributed by atoms with van der Waals surface area (Å²) in [4.78, 5) is 17.3. The summed E-state index contributed by atoms with van der Waals surface area (Å²) in [5, 5.41) is 0. The Morgan fingerprint density at radius 2 is 2.04 bits per heavy atom. The third-order valence-corrected chi connectivity index (χ3v) is 4.99. The Balaban J connectivity index is 1.87. The molecule has 1 unspecified atom stereocenters. The summed E-state index contributed by atoms with van der Waals surface area (Å²) in [7, 11) is 4.11. The fraction of sp³-hybridized carbons (Fsp3) is 0.632. The zero-order valence-electron chi connectivity index (χ0n) is 14.5. The Morgan fingerprint density at radius 3 is 2.74 bits per heavy atom. The van der Waals surface area contributed by atoms with Crippen LogP contribution >= 0.6 is 0 Å². The van der Waals surface area contributed by atoms with Crippen LogP contribution in [0, 0.1) is 12.8 Å². The topological polar surface area (TPSA) is 32.8 Å². The summed E-state index contributed by atoms with van der Waals surface area (Å²) in [6, 6.07) is 6.39. The first-order valence-electron chi connectivity index (χ1n) is 8.72. The number of ether oxygens (including phenoxy) is 1. The van der Waals surface area contributed by atoms with Crippen molar-refractivity contribution in [1.82, 2.24) is 9.80 Å². The Morgan fingerprint density at radius 1 is 1.30 bits per heavy atom. The molecule has 1 aliphatic carbocycles. The van der Waals surface area contributed by atoms with Crippen LogP contribution in [0.3, 0.4) is 0 Å². The predicted molar refractivity (Wildman–Crippen MR) is 91.5 cm³/mol. The van der Waals surface area contributed by atoms with Crippen LogP contribution in [0.2, 0.25) is 0 Å². The lowest BCUT2D eigenvalue weighted by Crippen LogP contribution is -2.48. The molecule has 0 spiro atoms. The maximum Gasteiger partial charge on any atom is 0.226 e. The van der Waals surface area contributed by atoms with Gasteiger partial charge in [0.25, 0.3) is 0 Å². The smallest absolute Gasteiger partial charge is 0.226 e. The first kappa shape index (κ1) is 16.3. The van der Waals surface area contributed by atoms with Crippen LogP contribution in [0.4, 0.5) is 0 Å². The number of hydrogen-bond acceptors (Lipinski definition) is 3. The molecule has 0 saturated heterocycles. The molecule has 4 nitrogen and oxygen atoms in total. The number of carbonyl (C=O) groups excluding carboxylic acids is 1. The van der Waals surface area contributed by atoms with Crippen molar-refractivity contribution in [2.75, 3.05) is 27.2 Å². The number of rotatable bonds is 3.